The highest BCUT2D eigenvalue weighted by Gasteiger charge is 2.31. The van der Waals surface area contributed by atoms with Crippen LogP contribution in [0.2, 0.25) is 0 Å². The number of carbonyl (C=O) groups is 1. The molecule has 17 heavy (non-hydrogen) atoms. The summed E-state index contributed by atoms with van der Waals surface area (Å²) >= 11 is 0. The van der Waals surface area contributed by atoms with Gasteiger partial charge in [-0.1, -0.05) is 0 Å². The van der Waals surface area contributed by atoms with Gasteiger partial charge in [0.05, 0.1) is 30.0 Å². The zero-order valence-corrected chi connectivity index (χ0v) is 10.8. The number of nitrogens with zero attached hydrogens (tertiary/aromatic N) is 2. The van der Waals surface area contributed by atoms with Crippen molar-refractivity contribution in [2.75, 3.05) is 13.7 Å². The van der Waals surface area contributed by atoms with Crippen LogP contribution in [0, 0.1) is 6.92 Å². The normalized spacial score (nSPS) is 14.1. The molecule has 1 heterocycles. The van der Waals surface area contributed by atoms with Crippen molar-refractivity contribution in [1.82, 2.24) is 15.3 Å². The number of rotatable bonds is 5. The maximum atomic E-state index is 11.6. The van der Waals surface area contributed by atoms with Crippen molar-refractivity contribution in [2.45, 2.75) is 32.7 Å². The lowest BCUT2D eigenvalue weighted by Gasteiger charge is -2.28. The predicted octanol–water partition coefficient (Wildman–Crippen LogP) is 1.17. The van der Waals surface area contributed by atoms with Crippen LogP contribution in [0.1, 0.15) is 31.7 Å². The van der Waals surface area contributed by atoms with Gasteiger partial charge in [0.25, 0.3) is 0 Å². The first-order valence-electron chi connectivity index (χ1n) is 5.66. The van der Waals surface area contributed by atoms with Crippen molar-refractivity contribution >= 4 is 5.97 Å². The minimum atomic E-state index is -0.551. The number of hydrogen-bond donors (Lipinski definition) is 1. The Hall–Kier alpha value is -1.49. The van der Waals surface area contributed by atoms with Crippen LogP contribution in [0.3, 0.4) is 0 Å². The van der Waals surface area contributed by atoms with Crippen LogP contribution < -0.4 is 5.32 Å². The Labute approximate surface area is 102 Å². The number of hydrogen-bond acceptors (Lipinski definition) is 5. The van der Waals surface area contributed by atoms with Crippen LogP contribution >= 0.6 is 0 Å². The van der Waals surface area contributed by atoms with Crippen molar-refractivity contribution in [3.63, 3.8) is 0 Å². The third kappa shape index (κ3) is 3.23. The summed E-state index contributed by atoms with van der Waals surface area (Å²) in [6.07, 6.45) is 3.50. The molecule has 5 nitrogen and oxygen atoms in total. The lowest BCUT2D eigenvalue weighted by molar-refractivity contribution is -0.144. The van der Waals surface area contributed by atoms with Gasteiger partial charge in [-0.3, -0.25) is 14.8 Å². The van der Waals surface area contributed by atoms with E-state index in [4.69, 9.17) is 4.74 Å². The fraction of sp³-hybridized carbons (Fsp3) is 0.583. The highest BCUT2D eigenvalue weighted by molar-refractivity contribution is 5.71. The molecule has 0 spiro atoms. The molecule has 1 aromatic rings. The third-order valence-electron chi connectivity index (χ3n) is 2.76. The molecule has 1 N–H and O–H groups in total. The van der Waals surface area contributed by atoms with Gasteiger partial charge in [0.1, 0.15) is 0 Å². The van der Waals surface area contributed by atoms with E-state index in [0.29, 0.717) is 6.61 Å². The molecule has 5 heteroatoms. The second-order valence-corrected chi connectivity index (χ2v) is 4.05. The number of nitrogens with one attached hydrogen (secondary N) is 1. The molecular weight excluding hydrogens is 218 g/mol. The summed E-state index contributed by atoms with van der Waals surface area (Å²) < 4.78 is 4.97. The molecule has 0 fully saturated rings. The summed E-state index contributed by atoms with van der Waals surface area (Å²) in [6, 6.07) is 0. The summed E-state index contributed by atoms with van der Waals surface area (Å²) in [6.45, 7) is 5.98. The SMILES string of the molecule is CCOC(=O)CC(C)(NC)c1nccnc1C. The van der Waals surface area contributed by atoms with Gasteiger partial charge in [-0.25, -0.2) is 0 Å². The Balaban J connectivity index is 2.96. The number of carbonyl (C=O) groups excluding carboxylic acids is 1. The van der Waals surface area contributed by atoms with Crippen molar-refractivity contribution in [3.05, 3.63) is 23.8 Å². The van der Waals surface area contributed by atoms with Crippen LogP contribution in [-0.2, 0) is 15.1 Å². The first-order valence-corrected chi connectivity index (χ1v) is 5.66. The smallest absolute Gasteiger partial charge is 0.308 e. The van der Waals surface area contributed by atoms with Crippen molar-refractivity contribution in [1.29, 1.82) is 0 Å². The summed E-state index contributed by atoms with van der Waals surface area (Å²) in [5.74, 6) is -0.241. The predicted molar refractivity (Wildman–Crippen MR) is 64.4 cm³/mol. The highest BCUT2D eigenvalue weighted by Crippen LogP contribution is 2.24. The molecular formula is C12H19N3O2. The van der Waals surface area contributed by atoms with Crippen LogP contribution in [-0.4, -0.2) is 29.6 Å². The summed E-state index contributed by atoms with van der Waals surface area (Å²) in [5.41, 5.74) is 1.04. The second kappa shape index (κ2) is 5.72. The summed E-state index contributed by atoms with van der Waals surface area (Å²) in [7, 11) is 1.80. The molecule has 0 aliphatic rings. The van der Waals surface area contributed by atoms with E-state index in [1.54, 1.807) is 26.4 Å². The van der Waals surface area contributed by atoms with Gasteiger partial charge in [0, 0.05) is 12.4 Å². The zero-order chi connectivity index (χ0) is 12.9. The molecule has 0 bridgehead atoms. The first kappa shape index (κ1) is 13.6. The van der Waals surface area contributed by atoms with Gasteiger partial charge in [-0.2, -0.15) is 0 Å². The van der Waals surface area contributed by atoms with E-state index in [2.05, 4.69) is 15.3 Å². The monoisotopic (exact) mass is 237 g/mol. The molecule has 94 valence electrons. The molecule has 0 aliphatic carbocycles. The molecule has 0 aromatic carbocycles. The number of esters is 1. The van der Waals surface area contributed by atoms with Crippen molar-refractivity contribution in [2.24, 2.45) is 0 Å². The zero-order valence-electron chi connectivity index (χ0n) is 10.8. The Morgan fingerprint density at radius 2 is 2.12 bits per heavy atom. The van der Waals surface area contributed by atoms with Crippen LogP contribution in [0.15, 0.2) is 12.4 Å². The van der Waals surface area contributed by atoms with E-state index in [9.17, 15) is 4.79 Å². The molecule has 1 unspecified atom stereocenters. The Morgan fingerprint density at radius 3 is 2.65 bits per heavy atom. The summed E-state index contributed by atoms with van der Waals surface area (Å²) in [5, 5.41) is 3.12. The quantitative estimate of drug-likeness (QED) is 0.779. The minimum absolute atomic E-state index is 0.233. The van der Waals surface area contributed by atoms with Gasteiger partial charge >= 0.3 is 5.97 Å². The Morgan fingerprint density at radius 1 is 1.47 bits per heavy atom. The van der Waals surface area contributed by atoms with Gasteiger partial charge in [-0.05, 0) is 27.8 Å². The van der Waals surface area contributed by atoms with Gasteiger partial charge in [0.2, 0.25) is 0 Å². The van der Waals surface area contributed by atoms with E-state index in [0.717, 1.165) is 11.4 Å². The van der Waals surface area contributed by atoms with E-state index < -0.39 is 5.54 Å². The fourth-order valence-electron chi connectivity index (χ4n) is 1.74. The first-order chi connectivity index (χ1) is 8.03. The second-order valence-electron chi connectivity index (χ2n) is 4.05. The minimum Gasteiger partial charge on any atom is -0.466 e. The highest BCUT2D eigenvalue weighted by atomic mass is 16.5. The molecule has 0 radical (unpaired) electrons. The third-order valence-corrected chi connectivity index (χ3v) is 2.76. The maximum Gasteiger partial charge on any atom is 0.308 e. The van der Waals surface area contributed by atoms with E-state index in [-0.39, 0.29) is 12.4 Å². The number of aryl methyl sites for hydroxylation is 1. The molecule has 1 aromatic heterocycles. The van der Waals surface area contributed by atoms with Crippen molar-refractivity contribution in [3.8, 4) is 0 Å². The largest absolute Gasteiger partial charge is 0.466 e. The lowest BCUT2D eigenvalue weighted by atomic mass is 9.92. The molecule has 1 rings (SSSR count). The van der Waals surface area contributed by atoms with Gasteiger partial charge in [0.15, 0.2) is 0 Å². The standard InChI is InChI=1S/C12H19N3O2/c1-5-17-10(16)8-12(3,13-4)11-9(2)14-6-7-15-11/h6-7,13H,5,8H2,1-4H3. The molecule has 0 aliphatic heterocycles. The fourth-order valence-corrected chi connectivity index (χ4v) is 1.74. The van der Waals surface area contributed by atoms with Crippen LogP contribution in [0.4, 0.5) is 0 Å². The lowest BCUT2D eigenvalue weighted by Crippen LogP contribution is -2.41. The van der Waals surface area contributed by atoms with E-state index >= 15 is 0 Å². The van der Waals surface area contributed by atoms with E-state index in [1.807, 2.05) is 13.8 Å². The molecule has 0 amide bonds. The number of ether oxygens (including phenoxy) is 1. The average molecular weight is 237 g/mol. The molecule has 0 saturated heterocycles. The molecule has 1 atom stereocenters. The Bertz CT molecular complexity index is 395. The van der Waals surface area contributed by atoms with Crippen LogP contribution in [0.5, 0.6) is 0 Å². The topological polar surface area (TPSA) is 64.1 Å². The van der Waals surface area contributed by atoms with Crippen LogP contribution in [0.25, 0.3) is 0 Å². The van der Waals surface area contributed by atoms with E-state index in [1.165, 1.54) is 0 Å². The maximum absolute atomic E-state index is 11.6. The summed E-state index contributed by atoms with van der Waals surface area (Å²) in [4.78, 5) is 20.1. The van der Waals surface area contributed by atoms with Gasteiger partial charge < -0.3 is 10.1 Å². The Kier molecular flexibility index (Phi) is 4.57. The van der Waals surface area contributed by atoms with Gasteiger partial charge in [-0.15, -0.1) is 0 Å². The number of aromatic nitrogens is 2. The molecule has 0 saturated carbocycles. The van der Waals surface area contributed by atoms with Crippen molar-refractivity contribution < 1.29 is 9.53 Å². The average Bonchev–Trinajstić information content (AvgIpc) is 2.29.